The van der Waals surface area contributed by atoms with E-state index in [-0.39, 0.29) is 26.3 Å². The average molecular weight is 614 g/mol. The van der Waals surface area contributed by atoms with Crippen LogP contribution in [-0.2, 0) is 32.2 Å². The molecule has 160 valence electrons. The summed E-state index contributed by atoms with van der Waals surface area (Å²) in [5.74, 6) is 0. The second-order valence-corrected chi connectivity index (χ2v) is 12.3. The van der Waals surface area contributed by atoms with Gasteiger partial charge < -0.3 is 4.74 Å². The van der Waals surface area contributed by atoms with Crippen molar-refractivity contribution in [2.45, 2.75) is 43.7 Å². The van der Waals surface area contributed by atoms with Crippen LogP contribution in [-0.4, -0.2) is 22.1 Å². The quantitative estimate of drug-likeness (QED) is 0.289. The van der Waals surface area contributed by atoms with E-state index in [2.05, 4.69) is 84.9 Å². The maximum atomic E-state index is 6.12. The molecule has 1 unspecified atom stereocenters. The molecule has 1 fully saturated rings. The fraction of sp³-hybridized carbons (Fsp3) is 0.308. The zero-order valence-electron chi connectivity index (χ0n) is 17.7. The van der Waals surface area contributed by atoms with Crippen LogP contribution in [0, 0.1) is 0 Å². The van der Waals surface area contributed by atoms with Gasteiger partial charge in [0.05, 0.1) is 0 Å². The summed E-state index contributed by atoms with van der Waals surface area (Å²) in [7, 11) is 0.650. The molecule has 0 spiro atoms. The molecule has 1 heterocycles. The maximum absolute atomic E-state index is 6.12. The van der Waals surface area contributed by atoms with E-state index in [1.807, 2.05) is 0 Å². The van der Waals surface area contributed by atoms with E-state index in [1.165, 1.54) is 53.6 Å². The molecule has 30 heavy (non-hydrogen) atoms. The van der Waals surface area contributed by atoms with Crippen LogP contribution in [0.3, 0.4) is 0 Å². The smallest absolute Gasteiger partial charge is 0.0486 e. The second kappa shape index (κ2) is 11.5. The summed E-state index contributed by atoms with van der Waals surface area (Å²) in [6.07, 6.45) is 7.48. The minimum atomic E-state index is -0.504. The molecule has 0 aliphatic carbocycles. The Balaban J connectivity index is 0.00000256. The minimum Gasteiger partial charge on any atom is -0.380 e. The zero-order chi connectivity index (χ0) is 19.9. The van der Waals surface area contributed by atoms with Crippen LogP contribution in [0.15, 0.2) is 84.9 Å². The van der Waals surface area contributed by atoms with Crippen LogP contribution < -0.4 is 15.9 Å². The molecular weight excluding hydrogens is 582 g/mol. The van der Waals surface area contributed by atoms with Crippen molar-refractivity contribution in [3.8, 4) is 0 Å². The molecule has 0 saturated carbocycles. The molecule has 1 aliphatic heterocycles. The van der Waals surface area contributed by atoms with Crippen LogP contribution >= 0.6 is 7.92 Å². The summed E-state index contributed by atoms with van der Waals surface area (Å²) >= 11 is 0. The summed E-state index contributed by atoms with van der Waals surface area (Å²) < 4.78 is 6.12. The summed E-state index contributed by atoms with van der Waals surface area (Å²) in [4.78, 5) is 0. The third kappa shape index (κ3) is 6.24. The average Bonchev–Trinajstić information content (AvgIpc) is 2.77. The second-order valence-electron chi connectivity index (χ2n) is 8.28. The van der Waals surface area contributed by atoms with Gasteiger partial charge >= 0.3 is 0 Å². The molecule has 0 amide bonds. The largest absolute Gasteiger partial charge is 0.380 e. The molecule has 0 N–H and O–H groups in total. The van der Waals surface area contributed by atoms with E-state index in [4.69, 9.17) is 4.74 Å². The predicted molar refractivity (Wildman–Crippen MR) is 131 cm³/mol. The standard InChI is InChI=1S/C26H31OPSi.Pt/c29-26(19-7-8-21-27-26)20-9-10-22-15-17-25(18-16-22)28(23-11-3-1-4-12-23)24-13-5-2-6-14-24;/h1-6,11-18H,7-10,19-21H2,29H3;. The Morgan fingerprint density at radius 1 is 0.767 bits per heavy atom. The van der Waals surface area contributed by atoms with Crippen molar-refractivity contribution in [3.05, 3.63) is 90.5 Å². The Labute approximate surface area is 200 Å². The molecule has 1 nitrogen and oxygen atoms in total. The minimum absolute atomic E-state index is 0. The number of hydrogen-bond donors (Lipinski definition) is 0. The van der Waals surface area contributed by atoms with Crippen molar-refractivity contribution in [1.29, 1.82) is 0 Å². The van der Waals surface area contributed by atoms with Crippen LogP contribution in [0.2, 0.25) is 0 Å². The van der Waals surface area contributed by atoms with Gasteiger partial charge in [-0.25, -0.2) is 0 Å². The molecule has 1 atom stereocenters. The first-order chi connectivity index (χ1) is 14.2. The molecule has 3 aromatic rings. The van der Waals surface area contributed by atoms with Gasteiger partial charge in [0.2, 0.25) is 0 Å². The third-order valence-electron chi connectivity index (χ3n) is 5.94. The van der Waals surface area contributed by atoms with Gasteiger partial charge in [0.25, 0.3) is 0 Å². The summed E-state index contributed by atoms with van der Waals surface area (Å²) in [6, 6.07) is 31.3. The molecule has 4 heteroatoms. The van der Waals surface area contributed by atoms with Gasteiger partial charge in [-0.15, -0.1) is 0 Å². The van der Waals surface area contributed by atoms with E-state index in [0.717, 1.165) is 23.3 Å². The number of aryl methyl sites for hydroxylation is 1. The van der Waals surface area contributed by atoms with Crippen molar-refractivity contribution in [2.24, 2.45) is 0 Å². The Bertz CT molecular complexity index is 840. The van der Waals surface area contributed by atoms with Gasteiger partial charge in [-0.3, -0.25) is 0 Å². The first-order valence-corrected chi connectivity index (χ1v) is 13.2. The van der Waals surface area contributed by atoms with Crippen LogP contribution in [0.4, 0.5) is 0 Å². The Morgan fingerprint density at radius 2 is 1.33 bits per heavy atom. The van der Waals surface area contributed by atoms with Crippen molar-refractivity contribution in [3.63, 3.8) is 0 Å². The van der Waals surface area contributed by atoms with Crippen LogP contribution in [0.5, 0.6) is 0 Å². The third-order valence-corrected chi connectivity index (χ3v) is 9.68. The van der Waals surface area contributed by atoms with E-state index >= 15 is 0 Å². The van der Waals surface area contributed by atoms with E-state index in [9.17, 15) is 0 Å². The molecule has 1 aliphatic rings. The summed E-state index contributed by atoms with van der Waals surface area (Å²) in [6.45, 7) is 0.973. The summed E-state index contributed by atoms with van der Waals surface area (Å²) in [5, 5.41) is 4.49. The van der Waals surface area contributed by atoms with E-state index in [1.54, 1.807) is 0 Å². The predicted octanol–water partition coefficient (Wildman–Crippen LogP) is 4.03. The van der Waals surface area contributed by atoms with Crippen molar-refractivity contribution in [2.75, 3.05) is 6.61 Å². The normalized spacial score (nSPS) is 18.8. The monoisotopic (exact) mass is 613 g/mol. The maximum Gasteiger partial charge on any atom is 0.0486 e. The number of hydrogen-bond acceptors (Lipinski definition) is 1. The summed E-state index contributed by atoms with van der Waals surface area (Å²) in [5.41, 5.74) is 1.45. The Hall–Kier alpha value is -1.04. The molecule has 0 radical (unpaired) electrons. The SMILES string of the molecule is [Pt].[SiH3]C1(CCCc2ccc(P(c3ccccc3)c3ccccc3)cc2)CCCCO1. The van der Waals surface area contributed by atoms with Gasteiger partial charge in [-0.1, -0.05) is 84.9 Å². The Kier molecular flexibility index (Phi) is 9.08. The van der Waals surface area contributed by atoms with E-state index < -0.39 is 7.92 Å². The first kappa shape index (κ1) is 23.6. The first-order valence-electron chi connectivity index (χ1n) is 10.9. The van der Waals surface area contributed by atoms with Crippen LogP contribution in [0.25, 0.3) is 0 Å². The zero-order valence-corrected chi connectivity index (χ0v) is 22.9. The van der Waals surface area contributed by atoms with Crippen molar-refractivity contribution >= 4 is 34.1 Å². The van der Waals surface area contributed by atoms with Gasteiger partial charge in [0, 0.05) is 43.1 Å². The molecule has 4 rings (SSSR count). The fourth-order valence-electron chi connectivity index (χ4n) is 4.27. The van der Waals surface area contributed by atoms with E-state index in [0.29, 0.717) is 0 Å². The number of ether oxygens (including phenoxy) is 1. The molecule has 0 bridgehead atoms. The van der Waals surface area contributed by atoms with Gasteiger partial charge in [-0.2, -0.15) is 0 Å². The van der Waals surface area contributed by atoms with Gasteiger partial charge in [0.1, 0.15) is 0 Å². The van der Waals surface area contributed by atoms with Crippen LogP contribution in [0.1, 0.15) is 37.7 Å². The van der Waals surface area contributed by atoms with Gasteiger partial charge in [-0.05, 0) is 67.9 Å². The molecular formula is C26H31OPPtSi. The van der Waals surface area contributed by atoms with Crippen molar-refractivity contribution < 1.29 is 25.8 Å². The molecule has 0 aromatic heterocycles. The molecule has 3 aromatic carbocycles. The number of benzene rings is 3. The fourth-order valence-corrected chi connectivity index (χ4v) is 7.46. The topological polar surface area (TPSA) is 9.23 Å². The number of rotatable bonds is 7. The Morgan fingerprint density at radius 3 is 1.87 bits per heavy atom. The van der Waals surface area contributed by atoms with Crippen molar-refractivity contribution in [1.82, 2.24) is 0 Å². The van der Waals surface area contributed by atoms with Gasteiger partial charge in [0.15, 0.2) is 0 Å². The molecule has 1 saturated heterocycles.